The van der Waals surface area contributed by atoms with Crippen molar-refractivity contribution < 1.29 is 13.2 Å². The zero-order valence-corrected chi connectivity index (χ0v) is 8.30. The molecule has 2 rings (SSSR count). The minimum atomic E-state index is -4.56. The Morgan fingerprint density at radius 1 is 1.47 bits per heavy atom. The maximum atomic E-state index is 12.4. The zero-order valence-electron chi connectivity index (χ0n) is 7.49. The van der Waals surface area contributed by atoms with E-state index in [9.17, 15) is 13.2 Å². The lowest BCUT2D eigenvalue weighted by molar-refractivity contribution is -0.140. The van der Waals surface area contributed by atoms with Gasteiger partial charge in [-0.25, -0.2) is 4.68 Å². The van der Waals surface area contributed by atoms with Crippen molar-refractivity contribution in [3.05, 3.63) is 5.69 Å². The van der Waals surface area contributed by atoms with Gasteiger partial charge in [0.1, 0.15) is 5.69 Å². The van der Waals surface area contributed by atoms with Crippen molar-refractivity contribution in [2.24, 2.45) is 10.2 Å². The number of halogens is 3. The van der Waals surface area contributed by atoms with E-state index < -0.39 is 23.1 Å². The van der Waals surface area contributed by atoms with Gasteiger partial charge in [0, 0.05) is 0 Å². The highest BCUT2D eigenvalue weighted by Crippen LogP contribution is 2.43. The fourth-order valence-electron chi connectivity index (χ4n) is 1.20. The summed E-state index contributed by atoms with van der Waals surface area (Å²) in [6.45, 7) is 0. The first kappa shape index (κ1) is 10.3. The number of hydrogen-bond donors (Lipinski definition) is 1. The average Bonchev–Trinajstić information content (AvgIpc) is 2.65. The van der Waals surface area contributed by atoms with Gasteiger partial charge >= 0.3 is 6.18 Å². The molecule has 15 heavy (non-hydrogen) atoms. The highest BCUT2D eigenvalue weighted by Gasteiger charge is 2.40. The van der Waals surface area contributed by atoms with Crippen molar-refractivity contribution in [3.63, 3.8) is 0 Å². The molecule has 82 valence electrons. The second-order valence-corrected chi connectivity index (χ2v) is 3.70. The summed E-state index contributed by atoms with van der Waals surface area (Å²) >= 11 is 1.22. The number of nitrogen functional groups attached to an aromatic ring is 1. The normalized spacial score (nSPS) is 19.6. The number of azo groups is 1. The Kier molecular flexibility index (Phi) is 2.14. The third kappa shape index (κ3) is 1.46. The molecule has 0 saturated carbocycles. The van der Waals surface area contributed by atoms with Crippen LogP contribution < -0.4 is 5.73 Å². The zero-order chi connectivity index (χ0) is 11.2. The van der Waals surface area contributed by atoms with Crippen LogP contribution in [-0.4, -0.2) is 16.0 Å². The van der Waals surface area contributed by atoms with Crippen molar-refractivity contribution in [1.82, 2.24) is 9.78 Å². The summed E-state index contributed by atoms with van der Waals surface area (Å²) in [7, 11) is 0. The average molecular weight is 237 g/mol. The predicted molar refractivity (Wildman–Crippen MR) is 48.7 cm³/mol. The van der Waals surface area contributed by atoms with Gasteiger partial charge in [-0.15, -0.1) is 22.0 Å². The van der Waals surface area contributed by atoms with Crippen LogP contribution in [0.15, 0.2) is 10.2 Å². The van der Waals surface area contributed by atoms with Crippen molar-refractivity contribution in [3.8, 4) is 0 Å². The first-order valence-corrected chi connectivity index (χ1v) is 5.12. The molecule has 0 saturated heterocycles. The number of aromatic nitrogens is 2. The highest BCUT2D eigenvalue weighted by atomic mass is 32.2. The molecule has 0 spiro atoms. The van der Waals surface area contributed by atoms with Crippen LogP contribution in [0.5, 0.6) is 0 Å². The fraction of sp³-hybridized carbons (Fsp3) is 0.500. The van der Waals surface area contributed by atoms with Crippen molar-refractivity contribution in [2.75, 3.05) is 12.0 Å². The number of rotatable bonds is 1. The molecule has 0 amide bonds. The lowest BCUT2D eigenvalue weighted by atomic mass is 10.3. The first-order chi connectivity index (χ1) is 6.95. The molecule has 5 nitrogen and oxygen atoms in total. The summed E-state index contributed by atoms with van der Waals surface area (Å²) in [6, 6.07) is 0. The predicted octanol–water partition coefficient (Wildman–Crippen LogP) is 2.40. The topological polar surface area (TPSA) is 68.6 Å². The third-order valence-electron chi connectivity index (χ3n) is 1.86. The van der Waals surface area contributed by atoms with Gasteiger partial charge in [-0.3, -0.25) is 0 Å². The van der Waals surface area contributed by atoms with E-state index in [1.807, 2.05) is 0 Å². The Bertz CT molecular complexity index is 423. The summed E-state index contributed by atoms with van der Waals surface area (Å²) in [5, 5.41) is 10.6. The van der Waals surface area contributed by atoms with Crippen LogP contribution in [-0.2, 0) is 6.18 Å². The van der Waals surface area contributed by atoms with E-state index in [1.54, 1.807) is 6.26 Å². The Morgan fingerprint density at radius 3 is 2.67 bits per heavy atom. The number of alkyl halides is 3. The Morgan fingerprint density at radius 2 is 2.13 bits per heavy atom. The molecule has 2 N–H and O–H groups in total. The standard InChI is InChI=1S/C6H6F3N5S/c1-15-5-12-11-4-2(10)3(6(7,8)9)13-14(4)5/h5H,10H2,1H3. The van der Waals surface area contributed by atoms with Gasteiger partial charge in [0.25, 0.3) is 0 Å². The maximum absolute atomic E-state index is 12.4. The number of hydrogen-bond acceptors (Lipinski definition) is 5. The van der Waals surface area contributed by atoms with Gasteiger partial charge in [-0.1, -0.05) is 0 Å². The molecule has 9 heteroatoms. The quantitative estimate of drug-likeness (QED) is 0.815. The molecular weight excluding hydrogens is 231 g/mol. The highest BCUT2D eigenvalue weighted by molar-refractivity contribution is 7.98. The number of nitrogens with zero attached hydrogens (tertiary/aromatic N) is 4. The summed E-state index contributed by atoms with van der Waals surface area (Å²) in [5.41, 5.74) is 3.16. The third-order valence-corrected chi connectivity index (χ3v) is 2.58. The van der Waals surface area contributed by atoms with Crippen LogP contribution in [0.1, 0.15) is 11.2 Å². The van der Waals surface area contributed by atoms with Crippen molar-refractivity contribution in [1.29, 1.82) is 0 Å². The number of fused-ring (bicyclic) bond motifs is 1. The monoisotopic (exact) mass is 237 g/mol. The van der Waals surface area contributed by atoms with Crippen LogP contribution >= 0.6 is 11.8 Å². The van der Waals surface area contributed by atoms with Gasteiger partial charge in [0.15, 0.2) is 11.5 Å². The SMILES string of the molecule is CSC1N=Nc2c(N)c(C(F)(F)F)nn21. The summed E-state index contributed by atoms with van der Waals surface area (Å²) in [5.74, 6) is -0.0262. The molecular formula is C6H6F3N5S. The summed E-state index contributed by atoms with van der Waals surface area (Å²) in [6.07, 6.45) is -2.86. The molecule has 0 aromatic carbocycles. The summed E-state index contributed by atoms with van der Waals surface area (Å²) < 4.78 is 38.3. The van der Waals surface area contributed by atoms with E-state index in [0.29, 0.717) is 0 Å². The first-order valence-electron chi connectivity index (χ1n) is 3.84. The molecule has 0 aliphatic carbocycles. The minimum Gasteiger partial charge on any atom is -0.394 e. The molecule has 1 aromatic rings. The molecule has 1 aliphatic heterocycles. The van der Waals surface area contributed by atoms with Gasteiger partial charge < -0.3 is 5.73 Å². The fourth-order valence-corrected chi connectivity index (χ4v) is 1.69. The maximum Gasteiger partial charge on any atom is 0.437 e. The summed E-state index contributed by atoms with van der Waals surface area (Å²) in [4.78, 5) is 0. The van der Waals surface area contributed by atoms with E-state index in [2.05, 4.69) is 15.3 Å². The van der Waals surface area contributed by atoms with Gasteiger partial charge in [-0.05, 0) is 6.26 Å². The van der Waals surface area contributed by atoms with Crippen molar-refractivity contribution >= 4 is 23.3 Å². The molecule has 1 aliphatic rings. The lowest BCUT2D eigenvalue weighted by Gasteiger charge is -2.04. The van der Waals surface area contributed by atoms with E-state index in [4.69, 9.17) is 5.73 Å². The Balaban J connectivity index is 2.52. The van der Waals surface area contributed by atoms with Crippen molar-refractivity contribution in [2.45, 2.75) is 11.7 Å². The molecule has 1 aromatic heterocycles. The second kappa shape index (κ2) is 3.12. The van der Waals surface area contributed by atoms with E-state index in [0.717, 1.165) is 4.68 Å². The molecule has 0 fully saturated rings. The largest absolute Gasteiger partial charge is 0.437 e. The number of anilines is 1. The lowest BCUT2D eigenvalue weighted by Crippen LogP contribution is -2.10. The van der Waals surface area contributed by atoms with Gasteiger partial charge in [-0.2, -0.15) is 18.3 Å². The van der Waals surface area contributed by atoms with Crippen LogP contribution in [0, 0.1) is 0 Å². The van der Waals surface area contributed by atoms with Crippen LogP contribution in [0.4, 0.5) is 24.7 Å². The molecule has 1 unspecified atom stereocenters. The van der Waals surface area contributed by atoms with Gasteiger partial charge in [0.2, 0.25) is 5.50 Å². The van der Waals surface area contributed by atoms with Crippen LogP contribution in [0.3, 0.4) is 0 Å². The van der Waals surface area contributed by atoms with Gasteiger partial charge in [0.05, 0.1) is 0 Å². The van der Waals surface area contributed by atoms with E-state index in [1.165, 1.54) is 11.8 Å². The Labute approximate surface area is 86.5 Å². The molecule has 0 bridgehead atoms. The van der Waals surface area contributed by atoms with Crippen LogP contribution in [0.25, 0.3) is 0 Å². The second-order valence-electron chi connectivity index (χ2n) is 2.81. The number of nitrogens with two attached hydrogens (primary N) is 1. The smallest absolute Gasteiger partial charge is 0.394 e. The van der Waals surface area contributed by atoms with E-state index in [-0.39, 0.29) is 5.82 Å². The molecule has 2 heterocycles. The molecule has 0 radical (unpaired) electrons. The minimum absolute atomic E-state index is 0.0262. The number of thioether (sulfide) groups is 1. The van der Waals surface area contributed by atoms with Crippen LogP contribution in [0.2, 0.25) is 0 Å². The Hall–Kier alpha value is -1.25. The van der Waals surface area contributed by atoms with E-state index >= 15 is 0 Å². The molecule has 1 atom stereocenters.